The fourth-order valence-corrected chi connectivity index (χ4v) is 4.76. The van der Waals surface area contributed by atoms with Gasteiger partial charge in [0.05, 0.1) is 10.6 Å². The molecule has 0 aliphatic carbocycles. The fourth-order valence-electron chi connectivity index (χ4n) is 3.52. The molecule has 1 amide bonds. The summed E-state index contributed by atoms with van der Waals surface area (Å²) in [5.74, 6) is -1.44. The zero-order valence-corrected chi connectivity index (χ0v) is 17.9. The van der Waals surface area contributed by atoms with Gasteiger partial charge in [-0.2, -0.15) is 0 Å². The van der Waals surface area contributed by atoms with E-state index in [2.05, 4.69) is 36.6 Å². The first kappa shape index (κ1) is 20.4. The minimum Gasteiger partial charge on any atom is -0.480 e. The molecule has 2 aromatic rings. The summed E-state index contributed by atoms with van der Waals surface area (Å²) in [6.45, 7) is 7.91. The predicted molar refractivity (Wildman–Crippen MR) is 117 cm³/mol. The first-order valence-electron chi connectivity index (χ1n) is 8.99. The van der Waals surface area contributed by atoms with Crippen molar-refractivity contribution in [1.82, 2.24) is 9.47 Å². The molecule has 0 bridgehead atoms. The maximum atomic E-state index is 12.6. The van der Waals surface area contributed by atoms with Gasteiger partial charge in [0.2, 0.25) is 0 Å². The maximum absolute atomic E-state index is 12.6. The van der Waals surface area contributed by atoms with Gasteiger partial charge in [-0.05, 0) is 56.0 Å². The van der Waals surface area contributed by atoms with Crippen molar-refractivity contribution >= 4 is 46.3 Å². The highest BCUT2D eigenvalue weighted by Crippen LogP contribution is 2.34. The smallest absolute Gasteiger partial charge is 0.323 e. The third-order valence-electron chi connectivity index (χ3n) is 4.85. The zero-order chi connectivity index (χ0) is 20.6. The number of benzene rings is 1. The van der Waals surface area contributed by atoms with E-state index in [1.165, 1.54) is 16.8 Å². The highest BCUT2D eigenvalue weighted by atomic mass is 32.2. The lowest BCUT2D eigenvalue weighted by Gasteiger charge is -2.17. The number of aromatic nitrogens is 1. The van der Waals surface area contributed by atoms with Gasteiger partial charge < -0.3 is 9.67 Å². The molecule has 1 fully saturated rings. The van der Waals surface area contributed by atoms with E-state index in [0.29, 0.717) is 4.91 Å². The highest BCUT2D eigenvalue weighted by molar-refractivity contribution is 8.26. The average Bonchev–Trinajstić information content (AvgIpc) is 3.05. The van der Waals surface area contributed by atoms with Crippen LogP contribution in [0.25, 0.3) is 11.8 Å². The van der Waals surface area contributed by atoms with E-state index in [1.807, 2.05) is 26.0 Å². The Bertz CT molecular complexity index is 1020. The maximum Gasteiger partial charge on any atom is 0.323 e. The van der Waals surface area contributed by atoms with Gasteiger partial charge in [0.15, 0.2) is 0 Å². The molecule has 2 heterocycles. The normalized spacial score (nSPS) is 15.7. The number of aliphatic carboxylic acids is 1. The molecule has 1 saturated heterocycles. The summed E-state index contributed by atoms with van der Waals surface area (Å²) in [5, 5.41) is 8.99. The fraction of sp³-hybridized carbons (Fsp3) is 0.286. The van der Waals surface area contributed by atoms with E-state index in [1.54, 1.807) is 0 Å². The van der Waals surface area contributed by atoms with Crippen LogP contribution in [0.2, 0.25) is 0 Å². The van der Waals surface area contributed by atoms with Crippen LogP contribution in [-0.4, -0.2) is 37.3 Å². The Kier molecular flexibility index (Phi) is 5.76. The van der Waals surface area contributed by atoms with Gasteiger partial charge in [-0.3, -0.25) is 14.5 Å². The Labute approximate surface area is 174 Å². The van der Waals surface area contributed by atoms with Crippen molar-refractivity contribution in [2.24, 2.45) is 0 Å². The third kappa shape index (κ3) is 3.64. The lowest BCUT2D eigenvalue weighted by Crippen LogP contribution is -2.33. The number of carboxylic acids is 1. The number of nitrogens with zero attached hydrogens (tertiary/aromatic N) is 2. The number of hydrogen-bond donors (Lipinski definition) is 1. The summed E-state index contributed by atoms with van der Waals surface area (Å²) >= 11 is 6.32. The minimum atomic E-state index is -1.08. The lowest BCUT2D eigenvalue weighted by molar-refractivity contribution is -0.140. The number of thiocarbonyl (C=S) groups is 1. The van der Waals surface area contributed by atoms with Gasteiger partial charge in [-0.25, -0.2) is 0 Å². The summed E-state index contributed by atoms with van der Waals surface area (Å²) in [5.41, 5.74) is 6.68. The van der Waals surface area contributed by atoms with Gasteiger partial charge in [0.1, 0.15) is 10.9 Å². The van der Waals surface area contributed by atoms with Crippen molar-refractivity contribution in [3.05, 3.63) is 57.2 Å². The van der Waals surface area contributed by atoms with Crippen molar-refractivity contribution in [3.63, 3.8) is 0 Å². The van der Waals surface area contributed by atoms with Gasteiger partial charge in [0, 0.05) is 11.4 Å². The zero-order valence-electron chi connectivity index (χ0n) is 16.3. The molecular weight excluding hydrogens is 392 g/mol. The SMILES string of the molecule is CCc1cccc(C)c1-n1c(C)cc(/C=C2/SC(=S)N(CC(=O)O)C2=O)c1C. The summed E-state index contributed by atoms with van der Waals surface area (Å²) in [4.78, 5) is 25.1. The standard InChI is InChI=1S/C21H22N2O3S2/c1-5-15-8-6-7-12(2)19(15)23-13(3)9-16(14(23)4)10-17-20(26)22(11-18(24)25)21(27)28-17/h6-10H,5,11H2,1-4H3,(H,24,25)/b17-10+. The van der Waals surface area contributed by atoms with Crippen molar-refractivity contribution in [2.75, 3.05) is 6.54 Å². The van der Waals surface area contributed by atoms with E-state index in [-0.39, 0.29) is 10.2 Å². The van der Waals surface area contributed by atoms with Gasteiger partial charge >= 0.3 is 5.97 Å². The highest BCUT2D eigenvalue weighted by Gasteiger charge is 2.33. The van der Waals surface area contributed by atoms with Crippen molar-refractivity contribution in [1.29, 1.82) is 0 Å². The molecule has 146 valence electrons. The molecule has 0 radical (unpaired) electrons. The first-order valence-corrected chi connectivity index (χ1v) is 10.2. The Morgan fingerprint density at radius 3 is 2.64 bits per heavy atom. The van der Waals surface area contributed by atoms with Crippen LogP contribution in [0.4, 0.5) is 0 Å². The molecule has 1 aromatic heterocycles. The molecular formula is C21H22N2O3S2. The second-order valence-corrected chi connectivity index (χ2v) is 8.44. The van der Waals surface area contributed by atoms with Crippen LogP contribution in [0.15, 0.2) is 29.2 Å². The lowest BCUT2D eigenvalue weighted by atomic mass is 10.1. The molecule has 0 saturated carbocycles. The molecule has 3 rings (SSSR count). The monoisotopic (exact) mass is 414 g/mol. The van der Waals surface area contributed by atoms with Crippen molar-refractivity contribution in [3.8, 4) is 5.69 Å². The van der Waals surface area contributed by atoms with Gasteiger partial charge in [-0.15, -0.1) is 0 Å². The number of thioether (sulfide) groups is 1. The summed E-state index contributed by atoms with van der Waals surface area (Å²) < 4.78 is 2.50. The number of carbonyl (C=O) groups is 2. The Hall–Kier alpha value is -2.38. The summed E-state index contributed by atoms with van der Waals surface area (Å²) in [6.07, 6.45) is 2.74. The van der Waals surface area contributed by atoms with Crippen LogP contribution in [0.3, 0.4) is 0 Å². The van der Waals surface area contributed by atoms with Crippen LogP contribution in [-0.2, 0) is 16.0 Å². The molecule has 1 aliphatic rings. The Morgan fingerprint density at radius 2 is 2.00 bits per heavy atom. The molecule has 0 atom stereocenters. The summed E-state index contributed by atoms with van der Waals surface area (Å²) in [6, 6.07) is 8.35. The molecule has 1 N–H and O–H groups in total. The first-order chi connectivity index (χ1) is 13.2. The minimum absolute atomic E-state index is 0.277. The molecule has 0 unspecified atom stereocenters. The predicted octanol–water partition coefficient (Wildman–Crippen LogP) is 4.25. The van der Waals surface area contributed by atoms with Crippen molar-refractivity contribution in [2.45, 2.75) is 34.1 Å². The molecule has 0 spiro atoms. The number of aryl methyl sites for hydroxylation is 3. The number of hydrogen-bond acceptors (Lipinski definition) is 4. The Balaban J connectivity index is 2.05. The Morgan fingerprint density at radius 1 is 1.29 bits per heavy atom. The van der Waals surface area contributed by atoms with E-state index in [4.69, 9.17) is 17.3 Å². The van der Waals surface area contributed by atoms with Crippen LogP contribution in [0.1, 0.15) is 35.0 Å². The average molecular weight is 415 g/mol. The molecule has 7 heteroatoms. The van der Waals surface area contributed by atoms with Crippen molar-refractivity contribution < 1.29 is 14.7 Å². The number of carboxylic acid groups (broad SMARTS) is 1. The van der Waals surface area contributed by atoms with Crippen LogP contribution in [0.5, 0.6) is 0 Å². The van der Waals surface area contributed by atoms with Gasteiger partial charge in [0.25, 0.3) is 5.91 Å². The third-order valence-corrected chi connectivity index (χ3v) is 6.23. The molecule has 1 aliphatic heterocycles. The molecule has 5 nitrogen and oxygen atoms in total. The quantitative estimate of drug-likeness (QED) is 0.585. The second kappa shape index (κ2) is 7.93. The molecule has 1 aromatic carbocycles. The van der Waals surface area contributed by atoms with E-state index >= 15 is 0 Å². The van der Waals surface area contributed by atoms with Gasteiger partial charge in [-0.1, -0.05) is 49.1 Å². The van der Waals surface area contributed by atoms with Crippen LogP contribution < -0.4 is 0 Å². The second-order valence-electron chi connectivity index (χ2n) is 6.76. The van der Waals surface area contributed by atoms with Crippen LogP contribution in [0, 0.1) is 20.8 Å². The summed E-state index contributed by atoms with van der Waals surface area (Å²) in [7, 11) is 0. The topological polar surface area (TPSA) is 62.5 Å². The number of para-hydroxylation sites is 1. The van der Waals surface area contributed by atoms with E-state index < -0.39 is 12.5 Å². The number of carbonyl (C=O) groups excluding carboxylic acids is 1. The van der Waals surface area contributed by atoms with E-state index in [0.717, 1.165) is 40.0 Å². The largest absolute Gasteiger partial charge is 0.480 e. The number of rotatable bonds is 5. The van der Waals surface area contributed by atoms with E-state index in [9.17, 15) is 9.59 Å². The van der Waals surface area contributed by atoms with Crippen LogP contribution >= 0.6 is 24.0 Å². The molecule has 28 heavy (non-hydrogen) atoms. The number of amides is 1.